The van der Waals surface area contributed by atoms with E-state index in [4.69, 9.17) is 9.47 Å². The van der Waals surface area contributed by atoms with Crippen molar-refractivity contribution in [3.63, 3.8) is 0 Å². The molecule has 0 radical (unpaired) electrons. The standard InChI is InChI=1S/C20H25N3O4S/c1-15(2)28(24,25)23-9-7-22(8-10-23)13-16-11-18(17-3-5-21-6-4-17)20-19(12-16)26-14-27-20/h3-6,11-12,15H,7-10,13-14H2,1-2H3. The lowest BCUT2D eigenvalue weighted by Crippen LogP contribution is -2.49. The summed E-state index contributed by atoms with van der Waals surface area (Å²) in [7, 11) is -3.18. The molecule has 4 rings (SSSR count). The minimum absolute atomic E-state index is 0.225. The second-order valence-electron chi connectivity index (χ2n) is 7.38. The van der Waals surface area contributed by atoms with E-state index in [0.29, 0.717) is 26.2 Å². The van der Waals surface area contributed by atoms with Crippen molar-refractivity contribution in [2.45, 2.75) is 25.6 Å². The number of fused-ring (bicyclic) bond motifs is 1. The molecule has 0 bridgehead atoms. The van der Waals surface area contributed by atoms with Crippen LogP contribution in [0, 0.1) is 0 Å². The molecule has 3 heterocycles. The molecule has 2 aliphatic rings. The Kier molecular flexibility index (Phi) is 5.27. The van der Waals surface area contributed by atoms with E-state index in [1.807, 2.05) is 18.2 Å². The maximum atomic E-state index is 12.4. The van der Waals surface area contributed by atoms with Gasteiger partial charge < -0.3 is 9.47 Å². The molecule has 0 amide bonds. The average molecular weight is 404 g/mol. The lowest BCUT2D eigenvalue weighted by molar-refractivity contribution is 0.173. The number of aromatic nitrogens is 1. The van der Waals surface area contributed by atoms with Gasteiger partial charge in [0.1, 0.15) is 0 Å². The highest BCUT2D eigenvalue weighted by molar-refractivity contribution is 7.89. The van der Waals surface area contributed by atoms with Gasteiger partial charge in [0, 0.05) is 50.7 Å². The van der Waals surface area contributed by atoms with Crippen LogP contribution in [0.5, 0.6) is 11.5 Å². The van der Waals surface area contributed by atoms with Gasteiger partial charge >= 0.3 is 0 Å². The van der Waals surface area contributed by atoms with Gasteiger partial charge in [0.2, 0.25) is 16.8 Å². The minimum Gasteiger partial charge on any atom is -0.454 e. The van der Waals surface area contributed by atoms with Crippen LogP contribution >= 0.6 is 0 Å². The van der Waals surface area contributed by atoms with Gasteiger partial charge in [-0.25, -0.2) is 8.42 Å². The number of hydrogen-bond donors (Lipinski definition) is 0. The zero-order chi connectivity index (χ0) is 19.7. The zero-order valence-electron chi connectivity index (χ0n) is 16.2. The van der Waals surface area contributed by atoms with Crippen molar-refractivity contribution in [1.29, 1.82) is 0 Å². The van der Waals surface area contributed by atoms with E-state index in [-0.39, 0.29) is 12.0 Å². The number of rotatable bonds is 5. The first-order valence-electron chi connectivity index (χ1n) is 9.49. The van der Waals surface area contributed by atoms with Crippen molar-refractivity contribution in [3.05, 3.63) is 42.2 Å². The third kappa shape index (κ3) is 3.72. The first-order valence-corrected chi connectivity index (χ1v) is 11.0. The molecule has 0 N–H and O–H groups in total. The SMILES string of the molecule is CC(C)S(=O)(=O)N1CCN(Cc2cc3c(c(-c4ccncc4)c2)OCO3)CC1. The Balaban J connectivity index is 1.51. The number of hydrogen-bond acceptors (Lipinski definition) is 6. The number of sulfonamides is 1. The third-order valence-electron chi connectivity index (χ3n) is 5.22. The van der Waals surface area contributed by atoms with Crippen molar-refractivity contribution in [2.24, 2.45) is 0 Å². The minimum atomic E-state index is -3.18. The molecule has 1 aromatic heterocycles. The van der Waals surface area contributed by atoms with Gasteiger partial charge in [-0.15, -0.1) is 0 Å². The van der Waals surface area contributed by atoms with E-state index >= 15 is 0 Å². The van der Waals surface area contributed by atoms with Crippen LogP contribution in [-0.4, -0.2) is 60.8 Å². The Hall–Kier alpha value is -2.16. The topological polar surface area (TPSA) is 72.0 Å². The van der Waals surface area contributed by atoms with E-state index < -0.39 is 10.0 Å². The summed E-state index contributed by atoms with van der Waals surface area (Å²) in [6, 6.07) is 8.05. The fraction of sp³-hybridized carbons (Fsp3) is 0.450. The molecule has 0 atom stereocenters. The fourth-order valence-electron chi connectivity index (χ4n) is 3.60. The van der Waals surface area contributed by atoms with Crippen molar-refractivity contribution in [1.82, 2.24) is 14.2 Å². The van der Waals surface area contributed by atoms with Crippen LogP contribution in [-0.2, 0) is 16.6 Å². The van der Waals surface area contributed by atoms with E-state index in [1.54, 1.807) is 30.5 Å². The first-order chi connectivity index (χ1) is 13.4. The summed E-state index contributed by atoms with van der Waals surface area (Å²) in [5.74, 6) is 1.52. The maximum Gasteiger partial charge on any atom is 0.231 e. The Labute approximate surface area is 165 Å². The molecular weight excluding hydrogens is 378 g/mol. The Bertz CT molecular complexity index is 939. The van der Waals surface area contributed by atoms with Crippen LogP contribution in [0.15, 0.2) is 36.7 Å². The van der Waals surface area contributed by atoms with E-state index in [1.165, 1.54) is 0 Å². The Morgan fingerprint density at radius 3 is 2.46 bits per heavy atom. The summed E-state index contributed by atoms with van der Waals surface area (Å²) in [6.07, 6.45) is 3.52. The fourth-order valence-corrected chi connectivity index (χ4v) is 4.87. The molecule has 0 saturated carbocycles. The van der Waals surface area contributed by atoms with E-state index in [0.717, 1.165) is 34.7 Å². The summed E-state index contributed by atoms with van der Waals surface area (Å²) in [5, 5.41) is -0.379. The second-order valence-corrected chi connectivity index (χ2v) is 9.87. The van der Waals surface area contributed by atoms with Crippen LogP contribution in [0.3, 0.4) is 0 Å². The summed E-state index contributed by atoms with van der Waals surface area (Å²) >= 11 is 0. The van der Waals surface area contributed by atoms with Crippen molar-refractivity contribution >= 4 is 10.0 Å². The highest BCUT2D eigenvalue weighted by Gasteiger charge is 2.29. The van der Waals surface area contributed by atoms with Crippen molar-refractivity contribution < 1.29 is 17.9 Å². The molecule has 0 spiro atoms. The molecule has 1 saturated heterocycles. The molecule has 0 aliphatic carbocycles. The van der Waals surface area contributed by atoms with Gasteiger partial charge in [-0.3, -0.25) is 9.88 Å². The van der Waals surface area contributed by atoms with Gasteiger partial charge in [-0.2, -0.15) is 4.31 Å². The molecule has 2 aromatic rings. The molecule has 7 nitrogen and oxygen atoms in total. The molecule has 150 valence electrons. The molecule has 28 heavy (non-hydrogen) atoms. The number of pyridine rings is 1. The number of piperazine rings is 1. The summed E-state index contributed by atoms with van der Waals surface area (Å²) < 4.78 is 37.6. The Morgan fingerprint density at radius 2 is 1.79 bits per heavy atom. The van der Waals surface area contributed by atoms with Gasteiger partial charge in [-0.05, 0) is 49.2 Å². The van der Waals surface area contributed by atoms with Crippen LogP contribution in [0.2, 0.25) is 0 Å². The molecule has 1 fully saturated rings. The largest absolute Gasteiger partial charge is 0.454 e. The molecule has 2 aliphatic heterocycles. The van der Waals surface area contributed by atoms with Crippen molar-refractivity contribution in [2.75, 3.05) is 33.0 Å². The van der Waals surface area contributed by atoms with Gasteiger partial charge in [-0.1, -0.05) is 0 Å². The number of ether oxygens (including phenoxy) is 2. The maximum absolute atomic E-state index is 12.4. The zero-order valence-corrected chi connectivity index (χ0v) is 17.0. The van der Waals surface area contributed by atoms with E-state index in [2.05, 4.69) is 16.0 Å². The summed E-state index contributed by atoms with van der Waals surface area (Å²) in [5.41, 5.74) is 3.15. The van der Waals surface area contributed by atoms with Gasteiger partial charge in [0.15, 0.2) is 11.5 Å². The average Bonchev–Trinajstić information content (AvgIpc) is 3.17. The molecule has 8 heteroatoms. The lowest BCUT2D eigenvalue weighted by atomic mass is 10.0. The summed E-state index contributed by atoms with van der Waals surface area (Å²) in [6.45, 7) is 6.91. The van der Waals surface area contributed by atoms with Gasteiger partial charge in [0.05, 0.1) is 5.25 Å². The smallest absolute Gasteiger partial charge is 0.231 e. The predicted molar refractivity (Wildman–Crippen MR) is 107 cm³/mol. The first kappa shape index (κ1) is 19.2. The predicted octanol–water partition coefficient (Wildman–Crippen LogP) is 2.33. The number of nitrogens with zero attached hydrogens (tertiary/aromatic N) is 3. The molecule has 1 aromatic carbocycles. The van der Waals surface area contributed by atoms with Crippen molar-refractivity contribution in [3.8, 4) is 22.6 Å². The van der Waals surface area contributed by atoms with Crippen LogP contribution in [0.4, 0.5) is 0 Å². The molecular formula is C20H25N3O4S. The lowest BCUT2D eigenvalue weighted by Gasteiger charge is -2.35. The van der Waals surface area contributed by atoms with Gasteiger partial charge in [0.25, 0.3) is 0 Å². The van der Waals surface area contributed by atoms with Crippen LogP contribution < -0.4 is 9.47 Å². The highest BCUT2D eigenvalue weighted by atomic mass is 32.2. The number of benzene rings is 1. The second kappa shape index (κ2) is 7.69. The van der Waals surface area contributed by atoms with Crippen LogP contribution in [0.1, 0.15) is 19.4 Å². The third-order valence-corrected chi connectivity index (χ3v) is 7.49. The highest BCUT2D eigenvalue weighted by Crippen LogP contribution is 2.42. The Morgan fingerprint density at radius 1 is 1.07 bits per heavy atom. The quantitative estimate of drug-likeness (QED) is 0.763. The van der Waals surface area contributed by atoms with E-state index in [9.17, 15) is 8.42 Å². The summed E-state index contributed by atoms with van der Waals surface area (Å²) in [4.78, 5) is 6.36. The van der Waals surface area contributed by atoms with Crippen LogP contribution in [0.25, 0.3) is 11.1 Å². The molecule has 0 unspecified atom stereocenters. The normalized spacial score (nSPS) is 18.0. The monoisotopic (exact) mass is 403 g/mol.